The molecule has 0 radical (unpaired) electrons. The van der Waals surface area contributed by atoms with E-state index in [2.05, 4.69) is 38.0 Å². The van der Waals surface area contributed by atoms with Crippen molar-refractivity contribution in [2.75, 3.05) is 30.7 Å². The minimum atomic E-state index is -4.50. The predicted octanol–water partition coefficient (Wildman–Crippen LogP) is 2.69. The van der Waals surface area contributed by atoms with Crippen LogP contribution >= 0.6 is 0 Å². The van der Waals surface area contributed by atoms with Crippen LogP contribution in [-0.2, 0) is 6.42 Å². The van der Waals surface area contributed by atoms with Crippen LogP contribution in [0.4, 0.5) is 29.2 Å². The molecule has 0 aliphatic carbocycles. The van der Waals surface area contributed by atoms with Gasteiger partial charge in [0.2, 0.25) is 0 Å². The predicted molar refractivity (Wildman–Crippen MR) is 131 cm³/mol. The van der Waals surface area contributed by atoms with E-state index in [1.807, 2.05) is 13.8 Å². The van der Waals surface area contributed by atoms with Crippen LogP contribution < -0.4 is 21.7 Å². The van der Waals surface area contributed by atoms with Crippen molar-refractivity contribution < 1.29 is 22.4 Å². The molecule has 1 fully saturated rings. The van der Waals surface area contributed by atoms with Gasteiger partial charge in [0, 0.05) is 18.2 Å². The number of carbonyl (C=O) groups excluding carboxylic acids is 1. The van der Waals surface area contributed by atoms with Gasteiger partial charge in [-0.05, 0) is 44.9 Å². The third-order valence-corrected chi connectivity index (χ3v) is 5.99. The number of piperidine rings is 1. The van der Waals surface area contributed by atoms with Gasteiger partial charge in [-0.25, -0.2) is 13.6 Å². The minimum Gasteiger partial charge on any atom is -0.383 e. The first-order valence-corrected chi connectivity index (χ1v) is 11.8. The number of aromatic nitrogens is 4. The zero-order valence-electron chi connectivity index (χ0n) is 20.4. The summed E-state index contributed by atoms with van der Waals surface area (Å²) in [6.45, 7) is 4.41. The molecular formula is C24H28F4N8O. The highest BCUT2D eigenvalue weighted by atomic mass is 19.4. The lowest BCUT2D eigenvalue weighted by Crippen LogP contribution is -2.45. The first-order chi connectivity index (χ1) is 17.5. The second kappa shape index (κ2) is 10.7. The van der Waals surface area contributed by atoms with Gasteiger partial charge in [0.1, 0.15) is 29.1 Å². The van der Waals surface area contributed by atoms with Crippen LogP contribution in [0.3, 0.4) is 0 Å². The molecule has 0 bridgehead atoms. The highest BCUT2D eigenvalue weighted by molar-refractivity contribution is 5.98. The Balaban J connectivity index is 1.57. The van der Waals surface area contributed by atoms with Crippen molar-refractivity contribution >= 4 is 23.1 Å². The van der Waals surface area contributed by atoms with E-state index in [-0.39, 0.29) is 47.3 Å². The smallest absolute Gasteiger partial charge is 0.383 e. The Labute approximate surface area is 210 Å². The van der Waals surface area contributed by atoms with Crippen molar-refractivity contribution in [1.82, 2.24) is 30.0 Å². The number of amides is 1. The van der Waals surface area contributed by atoms with E-state index >= 15 is 0 Å². The normalized spacial score (nSPS) is 18.0. The standard InChI is InChI=1S/C24H28F4N8O/c1-14(2)35-22(29)16(12-32-35)23(37)31-9-4-5-18-15(11-24(26,27)28)20-6-3-7-21(36(20)34-18)33-19-8-10-30-13-17(19)25/h3,6-7,12,14,17,19,30,33H,8-11,13,29H2,1-2H3,(H,31,37)/t17-,19+/m0/s1. The highest BCUT2D eigenvalue weighted by Crippen LogP contribution is 2.28. The van der Waals surface area contributed by atoms with E-state index < -0.39 is 30.7 Å². The lowest BCUT2D eigenvalue weighted by atomic mass is 10.1. The molecule has 1 aliphatic rings. The van der Waals surface area contributed by atoms with E-state index in [1.165, 1.54) is 21.5 Å². The first kappa shape index (κ1) is 26.3. The van der Waals surface area contributed by atoms with Gasteiger partial charge in [0.05, 0.1) is 30.7 Å². The average Bonchev–Trinajstić information content (AvgIpc) is 3.38. The summed E-state index contributed by atoms with van der Waals surface area (Å²) in [7, 11) is 0. The molecule has 13 heteroatoms. The third kappa shape index (κ3) is 5.96. The summed E-state index contributed by atoms with van der Waals surface area (Å²) in [6, 6.07) is 4.20. The average molecular weight is 521 g/mol. The molecule has 0 unspecified atom stereocenters. The van der Waals surface area contributed by atoms with Crippen molar-refractivity contribution in [3.05, 3.63) is 41.2 Å². The molecule has 1 amide bonds. The summed E-state index contributed by atoms with van der Waals surface area (Å²) < 4.78 is 57.3. The molecule has 4 heterocycles. The number of hydrogen-bond donors (Lipinski definition) is 4. The summed E-state index contributed by atoms with van der Waals surface area (Å²) >= 11 is 0. The number of nitrogen functional groups attached to an aromatic ring is 1. The summed E-state index contributed by atoms with van der Waals surface area (Å²) in [4.78, 5) is 12.4. The fourth-order valence-corrected chi connectivity index (χ4v) is 4.18. The zero-order valence-corrected chi connectivity index (χ0v) is 20.4. The molecule has 198 valence electrons. The molecule has 2 atom stereocenters. The van der Waals surface area contributed by atoms with E-state index in [4.69, 9.17) is 5.73 Å². The molecule has 1 aliphatic heterocycles. The number of nitrogens with zero attached hydrogens (tertiary/aromatic N) is 4. The van der Waals surface area contributed by atoms with Crippen molar-refractivity contribution in [1.29, 1.82) is 0 Å². The molecule has 3 aromatic rings. The number of rotatable bonds is 6. The number of carbonyl (C=O) groups is 1. The quantitative estimate of drug-likeness (QED) is 0.294. The van der Waals surface area contributed by atoms with Crippen molar-refractivity contribution in [2.45, 2.75) is 51.1 Å². The fourth-order valence-electron chi connectivity index (χ4n) is 4.18. The maximum absolute atomic E-state index is 14.3. The monoisotopic (exact) mass is 520 g/mol. The third-order valence-electron chi connectivity index (χ3n) is 5.99. The molecule has 0 aromatic carbocycles. The summed E-state index contributed by atoms with van der Waals surface area (Å²) in [5, 5.41) is 17.0. The summed E-state index contributed by atoms with van der Waals surface area (Å²) in [5.41, 5.74) is 6.19. The molecule has 3 aromatic heterocycles. The molecule has 9 nitrogen and oxygen atoms in total. The SMILES string of the molecule is CC(C)n1ncc(C(=O)NCC#Cc2nn3c(N[C@@H]4CCNC[C@@H]4F)cccc3c2CC(F)(F)F)c1N. The number of alkyl halides is 4. The number of anilines is 2. The number of fused-ring (bicyclic) bond motifs is 1. The van der Waals surface area contributed by atoms with E-state index in [0.717, 1.165) is 0 Å². The van der Waals surface area contributed by atoms with E-state index in [0.29, 0.717) is 18.8 Å². The van der Waals surface area contributed by atoms with Crippen LogP contribution in [0.25, 0.3) is 5.52 Å². The van der Waals surface area contributed by atoms with Crippen LogP contribution in [0.5, 0.6) is 0 Å². The number of nitrogens with one attached hydrogen (secondary N) is 3. The maximum Gasteiger partial charge on any atom is 0.393 e. The van der Waals surface area contributed by atoms with Gasteiger partial charge in [-0.1, -0.05) is 12.0 Å². The van der Waals surface area contributed by atoms with Gasteiger partial charge in [-0.15, -0.1) is 0 Å². The molecular weight excluding hydrogens is 492 g/mol. The van der Waals surface area contributed by atoms with Crippen LogP contribution in [0, 0.1) is 11.8 Å². The largest absolute Gasteiger partial charge is 0.393 e. The Morgan fingerprint density at radius 3 is 2.81 bits per heavy atom. The second-order valence-electron chi connectivity index (χ2n) is 9.05. The summed E-state index contributed by atoms with van der Waals surface area (Å²) in [6.07, 6.45) is -5.02. The number of hydrogen-bond acceptors (Lipinski definition) is 6. The molecule has 0 spiro atoms. The molecule has 37 heavy (non-hydrogen) atoms. The zero-order chi connectivity index (χ0) is 26.7. The Morgan fingerprint density at radius 2 is 2.14 bits per heavy atom. The van der Waals surface area contributed by atoms with Crippen molar-refractivity contribution in [3.8, 4) is 11.8 Å². The van der Waals surface area contributed by atoms with Gasteiger partial charge in [-0.3, -0.25) is 4.79 Å². The molecule has 1 saturated heterocycles. The Morgan fingerprint density at radius 1 is 1.35 bits per heavy atom. The molecule has 4 rings (SSSR count). The van der Waals surface area contributed by atoms with Crippen LogP contribution in [0.1, 0.15) is 47.9 Å². The van der Waals surface area contributed by atoms with E-state index in [9.17, 15) is 22.4 Å². The Hall–Kier alpha value is -3.79. The second-order valence-corrected chi connectivity index (χ2v) is 9.05. The number of halogens is 4. The fraction of sp³-hybridized carbons (Fsp3) is 0.458. The highest BCUT2D eigenvalue weighted by Gasteiger charge is 2.32. The topological polar surface area (TPSA) is 114 Å². The lowest BCUT2D eigenvalue weighted by Gasteiger charge is -2.28. The van der Waals surface area contributed by atoms with Gasteiger partial charge in [0.25, 0.3) is 5.91 Å². The van der Waals surface area contributed by atoms with Gasteiger partial charge >= 0.3 is 6.18 Å². The van der Waals surface area contributed by atoms with Crippen LogP contribution in [-0.4, -0.2) is 63.3 Å². The molecule has 0 saturated carbocycles. The lowest BCUT2D eigenvalue weighted by molar-refractivity contribution is -0.127. The van der Waals surface area contributed by atoms with Crippen molar-refractivity contribution in [2.24, 2.45) is 0 Å². The van der Waals surface area contributed by atoms with Gasteiger partial charge in [-0.2, -0.15) is 23.4 Å². The van der Waals surface area contributed by atoms with Gasteiger partial charge < -0.3 is 21.7 Å². The summed E-state index contributed by atoms with van der Waals surface area (Å²) in [5.74, 6) is 5.39. The van der Waals surface area contributed by atoms with Crippen molar-refractivity contribution in [3.63, 3.8) is 0 Å². The molecule has 5 N–H and O–H groups in total. The maximum atomic E-state index is 14.3. The number of pyridine rings is 1. The Kier molecular flexibility index (Phi) is 7.58. The van der Waals surface area contributed by atoms with Gasteiger partial charge in [0.15, 0.2) is 0 Å². The van der Waals surface area contributed by atoms with E-state index in [1.54, 1.807) is 12.1 Å². The van der Waals surface area contributed by atoms with Crippen LogP contribution in [0.2, 0.25) is 0 Å². The number of nitrogens with two attached hydrogens (primary N) is 1. The first-order valence-electron chi connectivity index (χ1n) is 11.8. The van der Waals surface area contributed by atoms with Crippen LogP contribution in [0.15, 0.2) is 24.4 Å². The Bertz CT molecular complexity index is 1330. The minimum absolute atomic E-state index is 0.0339.